The summed E-state index contributed by atoms with van der Waals surface area (Å²) in [4.78, 5) is 11.5. The first-order valence-corrected chi connectivity index (χ1v) is 8.05. The van der Waals surface area contributed by atoms with Crippen LogP contribution in [0.25, 0.3) is 0 Å². The third-order valence-electron chi connectivity index (χ3n) is 4.43. The minimum atomic E-state index is -0.113. The zero-order chi connectivity index (χ0) is 16.4. The predicted molar refractivity (Wildman–Crippen MR) is 90.2 cm³/mol. The van der Waals surface area contributed by atoms with Gasteiger partial charge in [-0.25, -0.2) is 0 Å². The van der Waals surface area contributed by atoms with E-state index in [1.807, 2.05) is 25.1 Å². The average molecular weight is 310 g/mol. The van der Waals surface area contributed by atoms with E-state index in [2.05, 4.69) is 38.1 Å². The lowest BCUT2D eigenvalue weighted by molar-refractivity contribution is -0.111. The molecule has 120 valence electrons. The number of ether oxygens (including phenoxy) is 2. The van der Waals surface area contributed by atoms with Crippen LogP contribution < -0.4 is 9.47 Å². The quantitative estimate of drug-likeness (QED) is 0.762. The Bertz CT molecular complexity index is 706. The summed E-state index contributed by atoms with van der Waals surface area (Å²) >= 11 is 0. The van der Waals surface area contributed by atoms with E-state index in [0.29, 0.717) is 5.92 Å². The van der Waals surface area contributed by atoms with Gasteiger partial charge in [0.25, 0.3) is 0 Å². The van der Waals surface area contributed by atoms with Gasteiger partial charge in [0, 0.05) is 11.8 Å². The number of hydrogen-bond donors (Lipinski definition) is 0. The second kappa shape index (κ2) is 6.45. The maximum atomic E-state index is 11.5. The van der Waals surface area contributed by atoms with E-state index < -0.39 is 0 Å². The van der Waals surface area contributed by atoms with Gasteiger partial charge in [-0.2, -0.15) is 0 Å². The maximum Gasteiger partial charge on any atom is 0.231 e. The van der Waals surface area contributed by atoms with Crippen LogP contribution in [0.2, 0.25) is 0 Å². The Labute approximate surface area is 137 Å². The SMILES string of the molecule is CC(C)c1cccc(C(c2ccc3c(c2)OCO3)C(C)C=O)c1. The van der Waals surface area contributed by atoms with Crippen molar-refractivity contribution in [3.63, 3.8) is 0 Å². The number of carbonyl (C=O) groups excluding carboxylic acids is 1. The van der Waals surface area contributed by atoms with Crippen LogP contribution in [0, 0.1) is 5.92 Å². The van der Waals surface area contributed by atoms with E-state index in [-0.39, 0.29) is 18.6 Å². The molecule has 0 amide bonds. The minimum absolute atomic E-state index is 0.0145. The molecular formula is C20H22O3. The number of hydrogen-bond acceptors (Lipinski definition) is 3. The summed E-state index contributed by atoms with van der Waals surface area (Å²) in [5.74, 6) is 1.88. The Kier molecular flexibility index (Phi) is 4.37. The monoisotopic (exact) mass is 310 g/mol. The Balaban J connectivity index is 2.04. The fourth-order valence-corrected chi connectivity index (χ4v) is 3.10. The molecule has 1 heterocycles. The number of fused-ring (bicyclic) bond motifs is 1. The summed E-state index contributed by atoms with van der Waals surface area (Å²) in [7, 11) is 0. The highest BCUT2D eigenvalue weighted by molar-refractivity contribution is 5.59. The van der Waals surface area contributed by atoms with E-state index in [1.165, 1.54) is 5.56 Å². The summed E-state index contributed by atoms with van der Waals surface area (Å²) in [6, 6.07) is 14.5. The molecule has 2 unspecified atom stereocenters. The normalized spacial score (nSPS) is 15.5. The smallest absolute Gasteiger partial charge is 0.231 e. The van der Waals surface area contributed by atoms with Gasteiger partial charge in [-0.3, -0.25) is 0 Å². The van der Waals surface area contributed by atoms with Crippen LogP contribution in [0.1, 0.15) is 49.3 Å². The van der Waals surface area contributed by atoms with Crippen molar-refractivity contribution in [2.24, 2.45) is 5.92 Å². The van der Waals surface area contributed by atoms with Crippen molar-refractivity contribution < 1.29 is 14.3 Å². The van der Waals surface area contributed by atoms with Gasteiger partial charge in [0.05, 0.1) is 0 Å². The average Bonchev–Trinajstić information content (AvgIpc) is 3.03. The van der Waals surface area contributed by atoms with Gasteiger partial charge in [-0.1, -0.05) is 51.1 Å². The molecule has 0 aromatic heterocycles. The molecule has 0 saturated carbocycles. The lowest BCUT2D eigenvalue weighted by Crippen LogP contribution is -2.13. The lowest BCUT2D eigenvalue weighted by atomic mass is 9.81. The molecule has 0 aliphatic carbocycles. The van der Waals surface area contributed by atoms with E-state index in [0.717, 1.165) is 28.9 Å². The van der Waals surface area contributed by atoms with Crippen molar-refractivity contribution in [1.82, 2.24) is 0 Å². The molecule has 3 nitrogen and oxygen atoms in total. The molecule has 3 heteroatoms. The Morgan fingerprint density at radius 2 is 1.61 bits per heavy atom. The first-order valence-electron chi connectivity index (χ1n) is 8.05. The predicted octanol–water partition coefficient (Wildman–Crippen LogP) is 4.51. The fraction of sp³-hybridized carbons (Fsp3) is 0.350. The van der Waals surface area contributed by atoms with Crippen LogP contribution in [0.15, 0.2) is 42.5 Å². The van der Waals surface area contributed by atoms with Crippen molar-refractivity contribution in [2.75, 3.05) is 6.79 Å². The third-order valence-corrected chi connectivity index (χ3v) is 4.43. The second-order valence-corrected chi connectivity index (χ2v) is 6.41. The first-order chi connectivity index (χ1) is 11.1. The highest BCUT2D eigenvalue weighted by Crippen LogP contribution is 2.39. The Morgan fingerprint density at radius 1 is 0.913 bits per heavy atom. The molecule has 2 aromatic carbocycles. The fourth-order valence-electron chi connectivity index (χ4n) is 3.10. The van der Waals surface area contributed by atoms with Gasteiger partial charge in [0.15, 0.2) is 11.5 Å². The van der Waals surface area contributed by atoms with Crippen molar-refractivity contribution in [3.8, 4) is 11.5 Å². The molecule has 1 aliphatic heterocycles. The van der Waals surface area contributed by atoms with Crippen molar-refractivity contribution in [2.45, 2.75) is 32.6 Å². The molecule has 0 bridgehead atoms. The van der Waals surface area contributed by atoms with E-state index in [4.69, 9.17) is 9.47 Å². The van der Waals surface area contributed by atoms with Crippen molar-refractivity contribution >= 4 is 6.29 Å². The molecule has 1 aliphatic rings. The topological polar surface area (TPSA) is 35.5 Å². The summed E-state index contributed by atoms with van der Waals surface area (Å²) in [5, 5.41) is 0. The van der Waals surface area contributed by atoms with E-state index in [1.54, 1.807) is 0 Å². The number of benzene rings is 2. The lowest BCUT2D eigenvalue weighted by Gasteiger charge is -2.22. The van der Waals surface area contributed by atoms with Gasteiger partial charge in [-0.15, -0.1) is 0 Å². The number of aldehydes is 1. The van der Waals surface area contributed by atoms with Crippen molar-refractivity contribution in [3.05, 3.63) is 59.2 Å². The summed E-state index contributed by atoms with van der Waals surface area (Å²) < 4.78 is 10.9. The summed E-state index contributed by atoms with van der Waals surface area (Å²) in [6.07, 6.45) is 1.03. The van der Waals surface area contributed by atoms with Crippen LogP contribution in [0.5, 0.6) is 11.5 Å². The zero-order valence-corrected chi connectivity index (χ0v) is 13.8. The molecule has 3 rings (SSSR count). The zero-order valence-electron chi connectivity index (χ0n) is 13.8. The minimum Gasteiger partial charge on any atom is -0.454 e. The standard InChI is InChI=1S/C20H22O3/c1-13(2)15-5-4-6-16(9-15)20(14(3)11-21)17-7-8-18-19(10-17)23-12-22-18/h4-11,13-14,20H,12H2,1-3H3. The van der Waals surface area contributed by atoms with Gasteiger partial charge in [0.1, 0.15) is 6.29 Å². The highest BCUT2D eigenvalue weighted by atomic mass is 16.7. The molecule has 0 spiro atoms. The molecule has 0 N–H and O–H groups in total. The summed E-state index contributed by atoms with van der Waals surface area (Å²) in [6.45, 7) is 6.58. The van der Waals surface area contributed by atoms with Crippen molar-refractivity contribution in [1.29, 1.82) is 0 Å². The van der Waals surface area contributed by atoms with E-state index in [9.17, 15) is 4.79 Å². The largest absolute Gasteiger partial charge is 0.454 e. The molecule has 0 radical (unpaired) electrons. The van der Waals surface area contributed by atoms with Gasteiger partial charge in [0.2, 0.25) is 6.79 Å². The molecule has 23 heavy (non-hydrogen) atoms. The third kappa shape index (κ3) is 3.09. The van der Waals surface area contributed by atoms with Crippen LogP contribution in [-0.2, 0) is 4.79 Å². The van der Waals surface area contributed by atoms with Gasteiger partial charge in [-0.05, 0) is 34.7 Å². The van der Waals surface area contributed by atoms with Crippen LogP contribution in [0.3, 0.4) is 0 Å². The molecule has 0 saturated heterocycles. The number of rotatable bonds is 5. The maximum absolute atomic E-state index is 11.5. The molecule has 2 atom stereocenters. The Hall–Kier alpha value is -2.29. The molecule has 2 aromatic rings. The van der Waals surface area contributed by atoms with Crippen LogP contribution >= 0.6 is 0 Å². The Morgan fingerprint density at radius 3 is 2.35 bits per heavy atom. The summed E-state index contributed by atoms with van der Waals surface area (Å²) in [5.41, 5.74) is 3.52. The van der Waals surface area contributed by atoms with Gasteiger partial charge < -0.3 is 14.3 Å². The molecule has 0 fully saturated rings. The van der Waals surface area contributed by atoms with Crippen LogP contribution in [-0.4, -0.2) is 13.1 Å². The molecular weight excluding hydrogens is 288 g/mol. The second-order valence-electron chi connectivity index (χ2n) is 6.41. The van der Waals surface area contributed by atoms with Gasteiger partial charge >= 0.3 is 0 Å². The number of carbonyl (C=O) groups is 1. The van der Waals surface area contributed by atoms with Crippen LogP contribution in [0.4, 0.5) is 0 Å². The highest BCUT2D eigenvalue weighted by Gasteiger charge is 2.24. The van der Waals surface area contributed by atoms with E-state index >= 15 is 0 Å². The first kappa shape index (κ1) is 15.6.